The summed E-state index contributed by atoms with van der Waals surface area (Å²) in [6.45, 7) is 1.44. The number of furan rings is 2. The van der Waals surface area contributed by atoms with Gasteiger partial charge in [0.15, 0.2) is 6.23 Å². The number of nitrogens with zero attached hydrogens (tertiary/aromatic N) is 1. The first kappa shape index (κ1) is 22.8. The number of ether oxygens (including phenoxy) is 2. The van der Waals surface area contributed by atoms with Gasteiger partial charge in [-0.15, -0.1) is 0 Å². The van der Waals surface area contributed by atoms with E-state index in [4.69, 9.17) is 18.3 Å². The molecule has 7 rings (SSSR count). The number of benzene rings is 3. The van der Waals surface area contributed by atoms with Crippen LogP contribution in [0.3, 0.4) is 0 Å². The lowest BCUT2D eigenvalue weighted by molar-refractivity contribution is -0.0128. The zero-order valence-electron chi connectivity index (χ0n) is 20.8. The monoisotopic (exact) mass is 504 g/mol. The first-order chi connectivity index (χ1) is 18.8. The minimum atomic E-state index is -0.228. The van der Waals surface area contributed by atoms with E-state index in [1.165, 1.54) is 5.56 Å². The molecule has 2 aliphatic rings. The minimum absolute atomic E-state index is 0.0233. The Labute approximate surface area is 221 Å². The number of fused-ring (bicyclic) bond motifs is 2. The summed E-state index contributed by atoms with van der Waals surface area (Å²) < 4.78 is 24.4. The number of hydrogen-bond donors (Lipinski definition) is 1. The van der Waals surface area contributed by atoms with Crippen LogP contribution in [-0.4, -0.2) is 10.9 Å². The molecule has 6 nitrogen and oxygen atoms in total. The molecular formula is C32H28N2O4. The SMILES string of the molecule is c1coc(CC2Nc3ccccc3OC2c2ccc(C3Oc4ccccc4CN3Cc3ccco3)cc2)c1. The van der Waals surface area contributed by atoms with Gasteiger partial charge in [-0.1, -0.05) is 54.6 Å². The average molecular weight is 505 g/mol. The number of anilines is 1. The fraction of sp³-hybridized carbons (Fsp3) is 0.188. The molecule has 6 heteroatoms. The molecule has 3 atom stereocenters. The first-order valence-corrected chi connectivity index (χ1v) is 13.0. The lowest BCUT2D eigenvalue weighted by Crippen LogP contribution is -2.37. The summed E-state index contributed by atoms with van der Waals surface area (Å²) in [4.78, 5) is 2.30. The molecule has 190 valence electrons. The number of hydrogen-bond acceptors (Lipinski definition) is 6. The molecule has 0 saturated carbocycles. The summed E-state index contributed by atoms with van der Waals surface area (Å²) in [6, 6.07) is 32.8. The average Bonchev–Trinajstić information content (AvgIpc) is 3.67. The van der Waals surface area contributed by atoms with Gasteiger partial charge in [-0.25, -0.2) is 0 Å². The molecule has 0 aliphatic carbocycles. The number of nitrogens with one attached hydrogen (secondary N) is 1. The summed E-state index contributed by atoms with van der Waals surface area (Å²) in [6.07, 6.45) is 3.75. The molecule has 0 fully saturated rings. The van der Waals surface area contributed by atoms with Crippen molar-refractivity contribution in [2.24, 2.45) is 0 Å². The fourth-order valence-corrected chi connectivity index (χ4v) is 5.40. The predicted octanol–water partition coefficient (Wildman–Crippen LogP) is 7.12. The number of rotatable bonds is 6. The fourth-order valence-electron chi connectivity index (χ4n) is 5.40. The Kier molecular flexibility index (Phi) is 5.87. The molecule has 3 unspecified atom stereocenters. The van der Waals surface area contributed by atoms with Gasteiger partial charge in [0.2, 0.25) is 0 Å². The van der Waals surface area contributed by atoms with Crippen molar-refractivity contribution in [2.45, 2.75) is 37.9 Å². The van der Waals surface area contributed by atoms with E-state index in [2.05, 4.69) is 52.7 Å². The molecule has 0 saturated heterocycles. The van der Waals surface area contributed by atoms with Crippen molar-refractivity contribution in [3.05, 3.63) is 138 Å². The van der Waals surface area contributed by atoms with Gasteiger partial charge in [-0.2, -0.15) is 0 Å². The van der Waals surface area contributed by atoms with Crippen LogP contribution in [0.15, 0.2) is 118 Å². The van der Waals surface area contributed by atoms with Crippen LogP contribution < -0.4 is 14.8 Å². The third kappa shape index (κ3) is 4.44. The summed E-state index contributed by atoms with van der Waals surface area (Å²) in [7, 11) is 0. The van der Waals surface area contributed by atoms with Gasteiger partial charge in [0.05, 0.1) is 30.8 Å². The molecule has 38 heavy (non-hydrogen) atoms. The van der Waals surface area contributed by atoms with Crippen LogP contribution in [0.1, 0.15) is 40.5 Å². The maximum atomic E-state index is 6.54. The summed E-state index contributed by atoms with van der Waals surface area (Å²) in [5, 5.41) is 3.68. The van der Waals surface area contributed by atoms with E-state index in [9.17, 15) is 0 Å². The van der Waals surface area contributed by atoms with Crippen molar-refractivity contribution in [3.63, 3.8) is 0 Å². The van der Waals surface area contributed by atoms with E-state index in [0.717, 1.165) is 46.4 Å². The standard InChI is InChI=1S/C32H28N2O4/c1-3-11-29-24(7-1)20-34(21-26-9-6-18-36-26)32(38-29)23-15-13-22(14-16-23)31-28(19-25-8-5-17-35-25)33-27-10-2-4-12-30(27)37-31/h1-18,28,31-33H,19-21H2. The number of para-hydroxylation sites is 3. The minimum Gasteiger partial charge on any atom is -0.481 e. The second kappa shape index (κ2) is 9.80. The van der Waals surface area contributed by atoms with Crippen LogP contribution >= 0.6 is 0 Å². The second-order valence-electron chi connectivity index (χ2n) is 9.80. The van der Waals surface area contributed by atoms with Crippen molar-refractivity contribution in [3.8, 4) is 11.5 Å². The van der Waals surface area contributed by atoms with Crippen LogP contribution in [0.4, 0.5) is 5.69 Å². The molecule has 5 aromatic rings. The van der Waals surface area contributed by atoms with Crippen LogP contribution in [0, 0.1) is 0 Å². The van der Waals surface area contributed by atoms with Crippen molar-refractivity contribution in [2.75, 3.05) is 5.32 Å². The molecule has 3 aromatic carbocycles. The summed E-state index contributed by atoms with van der Waals surface area (Å²) in [5.74, 6) is 3.62. The summed E-state index contributed by atoms with van der Waals surface area (Å²) >= 11 is 0. The predicted molar refractivity (Wildman–Crippen MR) is 144 cm³/mol. The highest BCUT2D eigenvalue weighted by Crippen LogP contribution is 2.40. The highest BCUT2D eigenvalue weighted by molar-refractivity contribution is 5.59. The van der Waals surface area contributed by atoms with Gasteiger partial charge in [-0.3, -0.25) is 4.90 Å². The quantitative estimate of drug-likeness (QED) is 0.266. The first-order valence-electron chi connectivity index (χ1n) is 13.0. The van der Waals surface area contributed by atoms with Crippen LogP contribution in [-0.2, 0) is 19.5 Å². The lowest BCUT2D eigenvalue weighted by atomic mass is 9.95. The van der Waals surface area contributed by atoms with Gasteiger partial charge < -0.3 is 23.6 Å². The largest absolute Gasteiger partial charge is 0.481 e. The zero-order chi connectivity index (χ0) is 25.3. The van der Waals surface area contributed by atoms with Crippen molar-refractivity contribution < 1.29 is 18.3 Å². The maximum absolute atomic E-state index is 6.54. The van der Waals surface area contributed by atoms with Gasteiger partial charge in [0.25, 0.3) is 0 Å². The van der Waals surface area contributed by atoms with E-state index < -0.39 is 0 Å². The van der Waals surface area contributed by atoms with Crippen molar-refractivity contribution in [1.29, 1.82) is 0 Å². The van der Waals surface area contributed by atoms with Crippen molar-refractivity contribution >= 4 is 5.69 Å². The maximum Gasteiger partial charge on any atom is 0.179 e. The van der Waals surface area contributed by atoms with E-state index >= 15 is 0 Å². The molecule has 4 heterocycles. The lowest BCUT2D eigenvalue weighted by Gasteiger charge is -2.37. The van der Waals surface area contributed by atoms with Gasteiger partial charge >= 0.3 is 0 Å². The molecule has 0 radical (unpaired) electrons. The van der Waals surface area contributed by atoms with Crippen LogP contribution in [0.25, 0.3) is 0 Å². The Bertz CT molecular complexity index is 1380. The van der Waals surface area contributed by atoms with E-state index in [1.54, 1.807) is 12.5 Å². The molecule has 0 bridgehead atoms. The smallest absolute Gasteiger partial charge is 0.179 e. The Balaban J connectivity index is 1.18. The molecule has 0 amide bonds. The topological polar surface area (TPSA) is 60.0 Å². The normalized spacial score (nSPS) is 20.5. The van der Waals surface area contributed by atoms with Gasteiger partial charge in [0, 0.05) is 24.1 Å². The van der Waals surface area contributed by atoms with E-state index in [1.807, 2.05) is 54.6 Å². The third-order valence-corrected chi connectivity index (χ3v) is 7.25. The Morgan fingerprint density at radius 1 is 0.684 bits per heavy atom. The third-order valence-electron chi connectivity index (χ3n) is 7.25. The van der Waals surface area contributed by atoms with Gasteiger partial charge in [0.1, 0.15) is 29.1 Å². The molecule has 2 aliphatic heterocycles. The zero-order valence-corrected chi connectivity index (χ0v) is 20.8. The molecule has 2 aromatic heterocycles. The van der Waals surface area contributed by atoms with E-state index in [0.29, 0.717) is 13.0 Å². The molecular weight excluding hydrogens is 476 g/mol. The molecule has 1 N–H and O–H groups in total. The Morgan fingerprint density at radius 3 is 2.18 bits per heavy atom. The second-order valence-corrected chi connectivity index (χ2v) is 9.80. The molecule has 0 spiro atoms. The van der Waals surface area contributed by atoms with Gasteiger partial charge in [-0.05, 0) is 48.0 Å². The van der Waals surface area contributed by atoms with Crippen LogP contribution in [0.2, 0.25) is 0 Å². The van der Waals surface area contributed by atoms with Crippen LogP contribution in [0.5, 0.6) is 11.5 Å². The Morgan fingerprint density at radius 2 is 1.39 bits per heavy atom. The highest BCUT2D eigenvalue weighted by Gasteiger charge is 2.33. The van der Waals surface area contributed by atoms with E-state index in [-0.39, 0.29) is 18.4 Å². The Hall–Kier alpha value is -4.42. The summed E-state index contributed by atoms with van der Waals surface area (Å²) in [5.41, 5.74) is 4.36. The van der Waals surface area contributed by atoms with Crippen molar-refractivity contribution in [1.82, 2.24) is 4.90 Å². The highest BCUT2D eigenvalue weighted by atomic mass is 16.5.